The van der Waals surface area contributed by atoms with Crippen molar-refractivity contribution in [3.05, 3.63) is 51.2 Å². The summed E-state index contributed by atoms with van der Waals surface area (Å²) in [5.41, 5.74) is -6.89. The zero-order valence-corrected chi connectivity index (χ0v) is 14.4. The summed E-state index contributed by atoms with van der Waals surface area (Å²) < 4.78 is 103. The number of aromatic nitrogens is 2. The lowest BCUT2D eigenvalue weighted by Gasteiger charge is -2.16. The van der Waals surface area contributed by atoms with E-state index < -0.39 is 51.6 Å². The van der Waals surface area contributed by atoms with Crippen LogP contribution >= 0.6 is 11.8 Å². The summed E-state index contributed by atoms with van der Waals surface area (Å²) in [4.78, 5) is 10.1. The fourth-order valence-corrected chi connectivity index (χ4v) is 2.82. The summed E-state index contributed by atoms with van der Waals surface area (Å²) in [7, 11) is 0. The van der Waals surface area contributed by atoms with Gasteiger partial charge in [-0.05, 0) is 18.6 Å². The predicted octanol–water partition coefficient (Wildman–Crippen LogP) is 5.41. The number of benzene rings is 1. The molecule has 154 valence electrons. The molecule has 2 aromatic rings. The zero-order chi connectivity index (χ0) is 21.5. The minimum Gasteiger partial charge on any atom is -0.258 e. The van der Waals surface area contributed by atoms with E-state index in [0.29, 0.717) is 4.68 Å². The van der Waals surface area contributed by atoms with E-state index in [1.54, 1.807) is 0 Å². The molecule has 0 saturated carbocycles. The first kappa shape index (κ1) is 21.9. The fourth-order valence-electron chi connectivity index (χ4n) is 2.21. The van der Waals surface area contributed by atoms with Crippen LogP contribution in [0.5, 0.6) is 0 Å². The van der Waals surface area contributed by atoms with Crippen LogP contribution in [0.4, 0.5) is 40.8 Å². The van der Waals surface area contributed by atoms with Crippen LogP contribution in [0.3, 0.4) is 0 Å². The Balaban J connectivity index is 2.47. The van der Waals surface area contributed by atoms with Gasteiger partial charge in [0.2, 0.25) is 0 Å². The number of rotatable bonds is 5. The van der Waals surface area contributed by atoms with Crippen molar-refractivity contribution in [1.82, 2.24) is 9.78 Å². The van der Waals surface area contributed by atoms with E-state index in [2.05, 4.69) is 5.10 Å². The number of halogens is 8. The topological polar surface area (TPSA) is 61.0 Å². The van der Waals surface area contributed by atoms with Gasteiger partial charge in [0, 0.05) is 29.5 Å². The van der Waals surface area contributed by atoms with Gasteiger partial charge in [0.25, 0.3) is 5.69 Å². The maximum Gasteiger partial charge on any atom is 0.459 e. The molecule has 0 aliphatic rings. The molecule has 0 fully saturated rings. The summed E-state index contributed by atoms with van der Waals surface area (Å²) in [5, 5.41) is 12.8. The molecule has 0 unspecified atom stereocenters. The minimum atomic E-state index is -6.05. The molecule has 5 nitrogen and oxygen atoms in total. The van der Waals surface area contributed by atoms with Crippen LogP contribution in [0.1, 0.15) is 16.8 Å². The maximum atomic E-state index is 13.5. The molecule has 1 aromatic carbocycles. The Labute approximate surface area is 155 Å². The van der Waals surface area contributed by atoms with Gasteiger partial charge in [0.1, 0.15) is 10.7 Å². The molecule has 0 aliphatic heterocycles. The first-order chi connectivity index (χ1) is 12.6. The van der Waals surface area contributed by atoms with E-state index in [9.17, 15) is 45.2 Å². The van der Waals surface area contributed by atoms with Crippen LogP contribution < -0.4 is 0 Å². The predicted molar refractivity (Wildman–Crippen MR) is 81.0 cm³/mol. The Bertz CT molecular complexity index is 892. The van der Waals surface area contributed by atoms with Crippen LogP contribution in [-0.4, -0.2) is 26.4 Å². The summed E-state index contributed by atoms with van der Waals surface area (Å²) in [6, 6.07) is 3.39. The molecule has 0 saturated heterocycles. The summed E-state index contributed by atoms with van der Waals surface area (Å²) in [6.07, 6.45) is -6.05. The number of thioether (sulfide) groups is 1. The van der Waals surface area contributed by atoms with E-state index in [-0.39, 0.29) is 22.9 Å². The number of nitrogens with zero attached hydrogens (tertiary/aromatic N) is 3. The second-order valence-electron chi connectivity index (χ2n) is 5.52. The van der Waals surface area contributed by atoms with Gasteiger partial charge in [-0.2, -0.15) is 40.2 Å². The van der Waals surface area contributed by atoms with Crippen LogP contribution in [-0.2, 0) is 12.5 Å². The third kappa shape index (κ3) is 4.72. The molecular formula is C14H9F8N3O2S. The van der Waals surface area contributed by atoms with Crippen LogP contribution in [0.15, 0.2) is 29.3 Å². The van der Waals surface area contributed by atoms with Gasteiger partial charge in [-0.25, -0.2) is 0 Å². The number of nitro groups is 1. The Morgan fingerprint density at radius 1 is 1.11 bits per heavy atom. The largest absolute Gasteiger partial charge is 0.459 e. The van der Waals surface area contributed by atoms with Gasteiger partial charge in [0.15, 0.2) is 0 Å². The molecule has 0 N–H and O–H groups in total. The van der Waals surface area contributed by atoms with Crippen molar-refractivity contribution in [2.24, 2.45) is 0 Å². The van der Waals surface area contributed by atoms with Gasteiger partial charge in [-0.15, -0.1) is 0 Å². The van der Waals surface area contributed by atoms with Crippen molar-refractivity contribution in [2.75, 3.05) is 0 Å². The fraction of sp³-hybridized carbons (Fsp3) is 0.357. The lowest BCUT2D eigenvalue weighted by molar-refractivity contribution is -0.385. The molecule has 0 radical (unpaired) electrons. The van der Waals surface area contributed by atoms with Crippen molar-refractivity contribution in [2.45, 2.75) is 36.1 Å². The van der Waals surface area contributed by atoms with Crippen molar-refractivity contribution >= 4 is 17.4 Å². The van der Waals surface area contributed by atoms with Gasteiger partial charge in [-0.3, -0.25) is 14.8 Å². The van der Waals surface area contributed by atoms with E-state index in [4.69, 9.17) is 0 Å². The van der Waals surface area contributed by atoms with Crippen LogP contribution in [0.25, 0.3) is 0 Å². The Hall–Kier alpha value is -2.38. The van der Waals surface area contributed by atoms with E-state index in [1.807, 2.05) is 0 Å². The second-order valence-corrected chi connectivity index (χ2v) is 6.61. The molecule has 0 atom stereocenters. The quantitative estimate of drug-likeness (QED) is 0.273. The van der Waals surface area contributed by atoms with Gasteiger partial charge in [0.05, 0.1) is 11.5 Å². The highest BCUT2D eigenvalue weighted by Crippen LogP contribution is 2.45. The van der Waals surface area contributed by atoms with Crippen LogP contribution in [0, 0.1) is 17.0 Å². The minimum absolute atomic E-state index is 0.0178. The van der Waals surface area contributed by atoms with E-state index in [1.165, 1.54) is 13.0 Å². The van der Waals surface area contributed by atoms with Crippen LogP contribution in [0.2, 0.25) is 0 Å². The first-order valence-corrected chi connectivity index (χ1v) is 7.96. The molecule has 14 heteroatoms. The molecule has 0 spiro atoms. The van der Waals surface area contributed by atoms with Crippen molar-refractivity contribution in [3.8, 4) is 0 Å². The lowest BCUT2D eigenvalue weighted by atomic mass is 10.1. The third-order valence-electron chi connectivity index (χ3n) is 3.43. The molecular weight excluding hydrogens is 426 g/mol. The number of alkyl halides is 8. The van der Waals surface area contributed by atoms with E-state index in [0.717, 1.165) is 12.1 Å². The molecule has 0 amide bonds. The van der Waals surface area contributed by atoms with Crippen molar-refractivity contribution in [1.29, 1.82) is 0 Å². The molecule has 0 aliphatic carbocycles. The highest BCUT2D eigenvalue weighted by Gasteiger charge is 2.60. The highest BCUT2D eigenvalue weighted by atomic mass is 32.2. The molecule has 28 heavy (non-hydrogen) atoms. The number of aryl methyl sites for hydroxylation is 1. The third-order valence-corrected chi connectivity index (χ3v) is 4.20. The highest BCUT2D eigenvalue weighted by molar-refractivity contribution is 8.00. The maximum absolute atomic E-state index is 13.5. The molecule has 2 rings (SSSR count). The normalized spacial score (nSPS) is 13.0. The Morgan fingerprint density at radius 2 is 1.71 bits per heavy atom. The summed E-state index contributed by atoms with van der Waals surface area (Å²) in [5.74, 6) is -5.45. The summed E-state index contributed by atoms with van der Waals surface area (Å²) in [6.45, 7) is 0.727. The molecule has 1 heterocycles. The van der Waals surface area contributed by atoms with Gasteiger partial charge in [-0.1, -0.05) is 6.07 Å². The molecule has 0 bridgehead atoms. The average Bonchev–Trinajstić information content (AvgIpc) is 2.87. The lowest BCUT2D eigenvalue weighted by Crippen LogP contribution is -2.34. The zero-order valence-electron chi connectivity index (χ0n) is 13.6. The van der Waals surface area contributed by atoms with E-state index >= 15 is 0 Å². The molecule has 1 aromatic heterocycles. The van der Waals surface area contributed by atoms with Crippen molar-refractivity contribution in [3.63, 3.8) is 0 Å². The van der Waals surface area contributed by atoms with Gasteiger partial charge < -0.3 is 0 Å². The van der Waals surface area contributed by atoms with Crippen molar-refractivity contribution < 1.29 is 40.0 Å². The van der Waals surface area contributed by atoms with Gasteiger partial charge >= 0.3 is 17.6 Å². The SMILES string of the molecule is Cc1cc(Cn2nc(C(F)(F)C(F)(F)F)cc2SC(F)(F)F)ccc1[N+](=O)[O-]. The smallest absolute Gasteiger partial charge is 0.258 e. The summed E-state index contributed by atoms with van der Waals surface area (Å²) >= 11 is -0.902. The Morgan fingerprint density at radius 3 is 2.18 bits per heavy atom. The standard InChI is InChI=1S/C14H9F8N3O2S/c1-7-4-8(2-3-9(7)25(26)27)6-24-11(28-14(20,21)22)5-10(23-24)12(15,16)13(17,18)19/h2-5H,6H2,1H3. The second kappa shape index (κ2) is 7.22. The monoisotopic (exact) mass is 435 g/mol. The number of nitro benzene ring substituents is 1. The number of hydrogen-bond donors (Lipinski definition) is 0. The Kier molecular flexibility index (Phi) is 5.65. The first-order valence-electron chi connectivity index (χ1n) is 7.14. The average molecular weight is 435 g/mol. The number of hydrogen-bond acceptors (Lipinski definition) is 4.